The van der Waals surface area contributed by atoms with Crippen LogP contribution in [0.4, 0.5) is 11.4 Å². The third kappa shape index (κ3) is 3.52. The van der Waals surface area contributed by atoms with E-state index in [9.17, 15) is 10.1 Å². The maximum absolute atomic E-state index is 11.2. The van der Waals surface area contributed by atoms with Crippen molar-refractivity contribution in [3.05, 3.63) is 70.4 Å². The van der Waals surface area contributed by atoms with Gasteiger partial charge in [-0.25, -0.2) is 0 Å². The fourth-order valence-electron chi connectivity index (χ4n) is 2.83. The van der Waals surface area contributed by atoms with Gasteiger partial charge in [-0.15, -0.1) is 0 Å². The maximum atomic E-state index is 11.2. The van der Waals surface area contributed by atoms with Crippen LogP contribution in [0.5, 0.6) is 5.75 Å². The first-order valence-electron chi connectivity index (χ1n) is 8.05. The van der Waals surface area contributed by atoms with Crippen molar-refractivity contribution in [1.29, 1.82) is 0 Å². The number of ether oxygens (including phenoxy) is 1. The van der Waals surface area contributed by atoms with Crippen molar-refractivity contribution in [2.75, 3.05) is 18.6 Å². The predicted octanol–water partition coefficient (Wildman–Crippen LogP) is 4.18. The van der Waals surface area contributed by atoms with Crippen LogP contribution in [0, 0.1) is 10.1 Å². The molecule has 2 aromatic carbocycles. The molecule has 6 heteroatoms. The van der Waals surface area contributed by atoms with Crippen LogP contribution in [0.1, 0.15) is 12.5 Å². The summed E-state index contributed by atoms with van der Waals surface area (Å²) >= 11 is 0. The molecule has 1 aromatic heterocycles. The molecule has 0 saturated carbocycles. The number of nitro groups is 1. The molecule has 0 bridgehead atoms. The third-order valence-corrected chi connectivity index (χ3v) is 3.99. The van der Waals surface area contributed by atoms with Gasteiger partial charge < -0.3 is 9.64 Å². The molecule has 0 saturated heterocycles. The van der Waals surface area contributed by atoms with E-state index in [0.29, 0.717) is 24.1 Å². The van der Waals surface area contributed by atoms with Crippen LogP contribution in [0.25, 0.3) is 10.9 Å². The normalized spacial score (nSPS) is 10.6. The van der Waals surface area contributed by atoms with Crippen molar-refractivity contribution < 1.29 is 9.66 Å². The van der Waals surface area contributed by atoms with Gasteiger partial charge in [-0.05, 0) is 42.8 Å². The van der Waals surface area contributed by atoms with E-state index in [1.807, 2.05) is 43.1 Å². The lowest BCUT2D eigenvalue weighted by Gasteiger charge is -2.21. The van der Waals surface area contributed by atoms with E-state index in [0.717, 1.165) is 17.0 Å². The molecule has 0 radical (unpaired) electrons. The Hall–Kier alpha value is -3.15. The van der Waals surface area contributed by atoms with Crippen molar-refractivity contribution in [2.45, 2.75) is 13.5 Å². The number of hydrogen-bond donors (Lipinski definition) is 0. The first-order chi connectivity index (χ1) is 12.1. The second-order valence-electron chi connectivity index (χ2n) is 5.69. The number of fused-ring (bicyclic) bond motifs is 1. The van der Waals surface area contributed by atoms with Crippen LogP contribution in [0.15, 0.2) is 54.7 Å². The Labute approximate surface area is 145 Å². The Morgan fingerprint density at radius 2 is 1.92 bits per heavy atom. The minimum atomic E-state index is -0.375. The number of non-ortho nitro benzene ring substituents is 1. The zero-order valence-corrected chi connectivity index (χ0v) is 14.2. The topological polar surface area (TPSA) is 68.5 Å². The Morgan fingerprint density at radius 1 is 1.16 bits per heavy atom. The molecule has 3 rings (SSSR count). The fraction of sp³-hybridized carbons (Fsp3) is 0.211. The Morgan fingerprint density at radius 3 is 2.60 bits per heavy atom. The molecule has 25 heavy (non-hydrogen) atoms. The molecule has 0 fully saturated rings. The highest BCUT2D eigenvalue weighted by molar-refractivity contribution is 5.96. The van der Waals surface area contributed by atoms with Crippen molar-refractivity contribution in [2.24, 2.45) is 0 Å². The highest BCUT2D eigenvalue weighted by Crippen LogP contribution is 2.32. The van der Waals surface area contributed by atoms with Crippen LogP contribution in [-0.4, -0.2) is 23.6 Å². The average Bonchev–Trinajstić information content (AvgIpc) is 2.62. The molecule has 3 aromatic rings. The molecular weight excluding hydrogens is 318 g/mol. The Balaban J connectivity index is 1.91. The van der Waals surface area contributed by atoms with E-state index in [4.69, 9.17) is 4.74 Å². The second-order valence-corrected chi connectivity index (χ2v) is 5.69. The zero-order valence-electron chi connectivity index (χ0n) is 14.2. The van der Waals surface area contributed by atoms with Gasteiger partial charge in [0.15, 0.2) is 0 Å². The molecule has 0 aliphatic rings. The van der Waals surface area contributed by atoms with Crippen LogP contribution < -0.4 is 9.64 Å². The zero-order chi connectivity index (χ0) is 17.8. The van der Waals surface area contributed by atoms with Crippen molar-refractivity contribution in [3.63, 3.8) is 0 Å². The summed E-state index contributed by atoms with van der Waals surface area (Å²) in [5, 5.41) is 11.8. The highest BCUT2D eigenvalue weighted by atomic mass is 16.6. The average molecular weight is 337 g/mol. The lowest BCUT2D eigenvalue weighted by molar-refractivity contribution is -0.383. The Bertz CT molecular complexity index is 894. The molecule has 6 nitrogen and oxygen atoms in total. The molecule has 0 atom stereocenters. The molecule has 0 aliphatic heterocycles. The molecule has 0 N–H and O–H groups in total. The standard InChI is InChI=1S/C19H19N3O3/c1-3-25-15-8-6-14(7-9-15)13-21(2)18-11-10-17(22(23)24)16-5-4-12-20-19(16)18/h4-12H,3,13H2,1-2H3. The van der Waals surface area contributed by atoms with Gasteiger partial charge >= 0.3 is 0 Å². The SMILES string of the molecule is CCOc1ccc(CN(C)c2ccc([N+](=O)[O-])c3cccnc23)cc1. The summed E-state index contributed by atoms with van der Waals surface area (Å²) in [4.78, 5) is 17.2. The number of rotatable bonds is 6. The first kappa shape index (κ1) is 16.7. The summed E-state index contributed by atoms with van der Waals surface area (Å²) in [5.74, 6) is 0.844. The molecule has 0 unspecified atom stereocenters. The number of hydrogen-bond acceptors (Lipinski definition) is 5. The van der Waals surface area contributed by atoms with Gasteiger partial charge in [0.2, 0.25) is 0 Å². The lowest BCUT2D eigenvalue weighted by atomic mass is 10.1. The predicted molar refractivity (Wildman–Crippen MR) is 98.1 cm³/mol. The maximum Gasteiger partial charge on any atom is 0.278 e. The minimum absolute atomic E-state index is 0.0707. The summed E-state index contributed by atoms with van der Waals surface area (Å²) in [7, 11) is 1.95. The van der Waals surface area contributed by atoms with Gasteiger partial charge in [0, 0.05) is 25.9 Å². The van der Waals surface area contributed by atoms with E-state index in [1.54, 1.807) is 24.4 Å². The molecule has 1 heterocycles. The summed E-state index contributed by atoms with van der Waals surface area (Å²) in [6, 6.07) is 14.7. The van der Waals surface area contributed by atoms with E-state index in [1.165, 1.54) is 6.07 Å². The highest BCUT2D eigenvalue weighted by Gasteiger charge is 2.17. The smallest absolute Gasteiger partial charge is 0.278 e. The number of nitrogens with zero attached hydrogens (tertiary/aromatic N) is 3. The Kier molecular flexibility index (Phi) is 4.79. The minimum Gasteiger partial charge on any atom is -0.494 e. The molecule has 0 spiro atoms. The summed E-state index contributed by atoms with van der Waals surface area (Å²) in [5.41, 5.74) is 2.68. The van der Waals surface area contributed by atoms with Gasteiger partial charge in [-0.2, -0.15) is 0 Å². The van der Waals surface area contributed by atoms with E-state index in [-0.39, 0.29) is 10.6 Å². The van der Waals surface area contributed by atoms with Crippen LogP contribution in [0.2, 0.25) is 0 Å². The first-order valence-corrected chi connectivity index (χ1v) is 8.05. The van der Waals surface area contributed by atoms with Crippen molar-refractivity contribution in [1.82, 2.24) is 4.98 Å². The number of nitro benzene ring substituents is 1. The number of pyridine rings is 1. The van der Waals surface area contributed by atoms with Gasteiger partial charge in [0.25, 0.3) is 5.69 Å². The second kappa shape index (κ2) is 7.17. The molecular formula is C19H19N3O3. The van der Waals surface area contributed by atoms with E-state index < -0.39 is 0 Å². The number of aromatic nitrogens is 1. The molecule has 128 valence electrons. The largest absolute Gasteiger partial charge is 0.494 e. The summed E-state index contributed by atoms with van der Waals surface area (Å²) in [6.07, 6.45) is 1.65. The van der Waals surface area contributed by atoms with Gasteiger partial charge in [0.05, 0.1) is 22.6 Å². The van der Waals surface area contributed by atoms with Gasteiger partial charge in [0.1, 0.15) is 11.3 Å². The summed E-state index contributed by atoms with van der Waals surface area (Å²) < 4.78 is 5.46. The van der Waals surface area contributed by atoms with Crippen LogP contribution in [-0.2, 0) is 6.54 Å². The summed E-state index contributed by atoms with van der Waals surface area (Å²) in [6.45, 7) is 3.25. The van der Waals surface area contributed by atoms with Crippen molar-refractivity contribution >= 4 is 22.3 Å². The number of anilines is 1. The molecule has 0 amide bonds. The lowest BCUT2D eigenvalue weighted by Crippen LogP contribution is -2.17. The van der Waals surface area contributed by atoms with Gasteiger partial charge in [-0.3, -0.25) is 15.1 Å². The number of benzene rings is 2. The van der Waals surface area contributed by atoms with Crippen molar-refractivity contribution in [3.8, 4) is 5.75 Å². The monoisotopic (exact) mass is 337 g/mol. The third-order valence-electron chi connectivity index (χ3n) is 3.99. The quantitative estimate of drug-likeness (QED) is 0.498. The molecule has 0 aliphatic carbocycles. The van der Waals surface area contributed by atoms with E-state index in [2.05, 4.69) is 4.98 Å². The fourth-order valence-corrected chi connectivity index (χ4v) is 2.83. The van der Waals surface area contributed by atoms with Gasteiger partial charge in [-0.1, -0.05) is 12.1 Å². The van der Waals surface area contributed by atoms with E-state index >= 15 is 0 Å². The van der Waals surface area contributed by atoms with Crippen LogP contribution >= 0.6 is 0 Å². The van der Waals surface area contributed by atoms with Crippen LogP contribution in [0.3, 0.4) is 0 Å².